The molecule has 3 rings (SSSR count). The smallest absolute Gasteiger partial charge is 0.328 e. The summed E-state index contributed by atoms with van der Waals surface area (Å²) in [6.07, 6.45) is 1.60. The maximum Gasteiger partial charge on any atom is 0.328 e. The van der Waals surface area contributed by atoms with E-state index in [0.717, 1.165) is 10.5 Å². The number of ether oxygens (including phenoxy) is 1. The van der Waals surface area contributed by atoms with Gasteiger partial charge in [0.1, 0.15) is 18.1 Å². The molecule has 0 radical (unpaired) electrons. The molecule has 1 heterocycles. The summed E-state index contributed by atoms with van der Waals surface area (Å²) in [5.74, 6) is 0.201. The van der Waals surface area contributed by atoms with Gasteiger partial charge in [0.05, 0.1) is 11.6 Å². The van der Waals surface area contributed by atoms with Crippen molar-refractivity contribution < 1.29 is 14.3 Å². The molecule has 6 nitrogen and oxygen atoms in total. The number of nitrogens with one attached hydrogen (secondary N) is 1. The molecule has 0 atom stereocenters. The number of urea groups is 1. The predicted octanol–water partition coefficient (Wildman–Crippen LogP) is 3.05. The first kappa shape index (κ1) is 17.2. The van der Waals surface area contributed by atoms with Crippen LogP contribution in [0.3, 0.4) is 0 Å². The van der Waals surface area contributed by atoms with E-state index in [1.807, 2.05) is 24.3 Å². The largest absolute Gasteiger partial charge is 0.488 e. The zero-order valence-electron chi connectivity index (χ0n) is 14.2. The van der Waals surface area contributed by atoms with Gasteiger partial charge in [0.2, 0.25) is 0 Å². The molecule has 1 fully saturated rings. The molecule has 130 valence electrons. The number of amides is 3. The van der Waals surface area contributed by atoms with Crippen LogP contribution in [0.4, 0.5) is 4.79 Å². The summed E-state index contributed by atoms with van der Waals surface area (Å²) in [6, 6.07) is 16.1. The van der Waals surface area contributed by atoms with Crippen LogP contribution < -0.4 is 10.1 Å². The van der Waals surface area contributed by atoms with E-state index in [2.05, 4.69) is 11.4 Å². The van der Waals surface area contributed by atoms with Gasteiger partial charge in [-0.25, -0.2) is 4.79 Å². The van der Waals surface area contributed by atoms with Crippen molar-refractivity contribution >= 4 is 18.0 Å². The Hall–Kier alpha value is -3.59. The highest BCUT2D eigenvalue weighted by atomic mass is 16.5. The molecule has 1 aliphatic heterocycles. The van der Waals surface area contributed by atoms with Gasteiger partial charge in [-0.05, 0) is 25.1 Å². The molecule has 2 aromatic rings. The zero-order chi connectivity index (χ0) is 18.5. The van der Waals surface area contributed by atoms with E-state index in [1.54, 1.807) is 37.3 Å². The summed E-state index contributed by atoms with van der Waals surface area (Å²) in [5.41, 5.74) is 2.22. The SMILES string of the molecule is CCN1C(=O)N/C(=C/c2ccccc2OCc2ccccc2C#N)C1=O. The lowest BCUT2D eigenvalue weighted by molar-refractivity contribution is -0.122. The quantitative estimate of drug-likeness (QED) is 0.666. The number of hydrogen-bond acceptors (Lipinski definition) is 4. The van der Waals surface area contributed by atoms with E-state index in [4.69, 9.17) is 10.00 Å². The number of nitriles is 1. The van der Waals surface area contributed by atoms with Crippen LogP contribution in [-0.2, 0) is 11.4 Å². The molecule has 1 saturated heterocycles. The van der Waals surface area contributed by atoms with Crippen LogP contribution in [0.5, 0.6) is 5.75 Å². The normalized spacial score (nSPS) is 15.1. The molecule has 1 aliphatic rings. The summed E-state index contributed by atoms with van der Waals surface area (Å²) in [6.45, 7) is 2.28. The van der Waals surface area contributed by atoms with Gasteiger partial charge in [-0.1, -0.05) is 36.4 Å². The minimum absolute atomic E-state index is 0.213. The van der Waals surface area contributed by atoms with Gasteiger partial charge in [-0.3, -0.25) is 9.69 Å². The third-order valence-corrected chi connectivity index (χ3v) is 4.02. The van der Waals surface area contributed by atoms with Crippen LogP contribution >= 0.6 is 0 Å². The number of benzene rings is 2. The third kappa shape index (κ3) is 3.42. The Labute approximate surface area is 151 Å². The predicted molar refractivity (Wildman–Crippen MR) is 95.8 cm³/mol. The Bertz CT molecular complexity index is 928. The van der Waals surface area contributed by atoms with E-state index in [9.17, 15) is 9.59 Å². The van der Waals surface area contributed by atoms with Crippen molar-refractivity contribution in [3.05, 3.63) is 70.9 Å². The molecule has 0 aliphatic carbocycles. The third-order valence-electron chi connectivity index (χ3n) is 4.02. The molecule has 0 spiro atoms. The fraction of sp³-hybridized carbons (Fsp3) is 0.150. The van der Waals surface area contributed by atoms with Crippen molar-refractivity contribution in [2.45, 2.75) is 13.5 Å². The Kier molecular flexibility index (Phi) is 4.99. The Morgan fingerprint density at radius 2 is 1.88 bits per heavy atom. The molecule has 3 amide bonds. The summed E-state index contributed by atoms with van der Waals surface area (Å²) in [4.78, 5) is 25.1. The number of rotatable bonds is 5. The van der Waals surface area contributed by atoms with Crippen LogP contribution in [0.25, 0.3) is 6.08 Å². The minimum atomic E-state index is -0.426. The Morgan fingerprint density at radius 1 is 1.15 bits per heavy atom. The average molecular weight is 347 g/mol. The van der Waals surface area contributed by atoms with Gasteiger partial charge < -0.3 is 10.1 Å². The monoisotopic (exact) mass is 347 g/mol. The van der Waals surface area contributed by atoms with Crippen LogP contribution in [0.2, 0.25) is 0 Å². The van der Waals surface area contributed by atoms with Gasteiger partial charge in [0.25, 0.3) is 5.91 Å². The number of likely N-dealkylation sites (N-methyl/N-ethyl adjacent to an activating group) is 1. The van der Waals surface area contributed by atoms with Gasteiger partial charge in [-0.15, -0.1) is 0 Å². The number of imide groups is 1. The summed E-state index contributed by atoms with van der Waals surface area (Å²) in [7, 11) is 0. The standard InChI is InChI=1S/C20H17N3O3/c1-2-23-19(24)17(22-20(23)25)11-14-7-5-6-10-18(14)26-13-16-9-4-3-8-15(16)12-21/h3-11H,2,13H2,1H3,(H,22,25)/b17-11+. The van der Waals surface area contributed by atoms with Gasteiger partial charge >= 0.3 is 6.03 Å². The van der Waals surface area contributed by atoms with Crippen molar-refractivity contribution in [3.8, 4) is 11.8 Å². The first-order chi connectivity index (χ1) is 12.6. The topological polar surface area (TPSA) is 82.4 Å². The van der Waals surface area contributed by atoms with E-state index < -0.39 is 6.03 Å². The van der Waals surface area contributed by atoms with Crippen LogP contribution in [-0.4, -0.2) is 23.4 Å². The van der Waals surface area contributed by atoms with Crippen LogP contribution in [0, 0.1) is 11.3 Å². The highest BCUT2D eigenvalue weighted by molar-refractivity contribution is 6.14. The molecular formula is C20H17N3O3. The van der Waals surface area contributed by atoms with Crippen molar-refractivity contribution in [1.29, 1.82) is 5.26 Å². The lowest BCUT2D eigenvalue weighted by atomic mass is 10.1. The summed E-state index contributed by atoms with van der Waals surface area (Å²) < 4.78 is 5.86. The van der Waals surface area contributed by atoms with E-state index in [1.165, 1.54) is 0 Å². The highest BCUT2D eigenvalue weighted by Crippen LogP contribution is 2.24. The number of nitrogens with zero attached hydrogens (tertiary/aromatic N) is 2. The van der Waals surface area contributed by atoms with Crippen molar-refractivity contribution in [2.75, 3.05) is 6.54 Å². The number of hydrogen-bond donors (Lipinski definition) is 1. The number of carbonyl (C=O) groups excluding carboxylic acids is 2. The minimum Gasteiger partial charge on any atom is -0.488 e. The van der Waals surface area contributed by atoms with Crippen molar-refractivity contribution in [1.82, 2.24) is 10.2 Å². The van der Waals surface area contributed by atoms with Crippen molar-refractivity contribution in [3.63, 3.8) is 0 Å². The van der Waals surface area contributed by atoms with Gasteiger partial charge in [-0.2, -0.15) is 5.26 Å². The zero-order valence-corrected chi connectivity index (χ0v) is 14.2. The van der Waals surface area contributed by atoms with Crippen molar-refractivity contribution in [2.24, 2.45) is 0 Å². The fourth-order valence-electron chi connectivity index (χ4n) is 2.66. The molecule has 0 unspecified atom stereocenters. The Morgan fingerprint density at radius 3 is 2.62 bits per heavy atom. The highest BCUT2D eigenvalue weighted by Gasteiger charge is 2.32. The lowest BCUT2D eigenvalue weighted by Gasteiger charge is -2.10. The van der Waals surface area contributed by atoms with Crippen LogP contribution in [0.15, 0.2) is 54.2 Å². The molecular weight excluding hydrogens is 330 g/mol. The fourth-order valence-corrected chi connectivity index (χ4v) is 2.66. The van der Waals surface area contributed by atoms with Gasteiger partial charge in [0, 0.05) is 17.7 Å². The number of para-hydroxylation sites is 1. The molecule has 0 aromatic heterocycles. The lowest BCUT2D eigenvalue weighted by Crippen LogP contribution is -2.30. The van der Waals surface area contributed by atoms with Gasteiger partial charge in [0.15, 0.2) is 0 Å². The first-order valence-electron chi connectivity index (χ1n) is 8.18. The summed E-state index contributed by atoms with van der Waals surface area (Å²) >= 11 is 0. The number of carbonyl (C=O) groups is 2. The second-order valence-electron chi connectivity index (χ2n) is 5.63. The molecule has 1 N–H and O–H groups in total. The van der Waals surface area contributed by atoms with Crippen LogP contribution in [0.1, 0.15) is 23.6 Å². The second-order valence-corrected chi connectivity index (χ2v) is 5.63. The summed E-state index contributed by atoms with van der Waals surface area (Å²) in [5, 5.41) is 11.7. The van der Waals surface area contributed by atoms with E-state index in [-0.39, 0.29) is 18.2 Å². The molecule has 6 heteroatoms. The maximum atomic E-state index is 12.2. The van der Waals surface area contributed by atoms with E-state index in [0.29, 0.717) is 23.4 Å². The Balaban J connectivity index is 1.83. The molecule has 2 aromatic carbocycles. The second kappa shape index (κ2) is 7.53. The van der Waals surface area contributed by atoms with E-state index >= 15 is 0 Å². The molecule has 0 bridgehead atoms. The average Bonchev–Trinajstić information content (AvgIpc) is 2.94. The molecule has 0 saturated carbocycles. The maximum absolute atomic E-state index is 12.2. The first-order valence-corrected chi connectivity index (χ1v) is 8.18. The molecule has 26 heavy (non-hydrogen) atoms.